The highest BCUT2D eigenvalue weighted by Crippen LogP contribution is 2.62. The molecule has 3 aliphatic rings. The Morgan fingerprint density at radius 2 is 1.76 bits per heavy atom. The van der Waals surface area contributed by atoms with E-state index < -0.39 is 38.4 Å². The standard InChI is InChI=1S/C18H24O9S2/c1-18-7-6-13-12-5-3-11(19)8-10(12)2-4-14(13)15(18)9-16(26-28(20,21)22)17(18)27-29(23,24)25/h3,5,8,13-17,19H,2,4,6-7,9H2,1H3,(H,20,21,22)(H,23,24,25)/t13?,14?,15?,16?,17-,18-/m0/s1. The van der Waals surface area contributed by atoms with E-state index in [-0.39, 0.29) is 29.9 Å². The van der Waals surface area contributed by atoms with Crippen LogP contribution in [0.5, 0.6) is 5.75 Å². The molecule has 0 amide bonds. The molecule has 2 fully saturated rings. The van der Waals surface area contributed by atoms with Crippen molar-refractivity contribution in [2.75, 3.05) is 0 Å². The number of aromatic hydroxyl groups is 1. The Bertz CT molecular complexity index is 1020. The molecular formula is C18H24O9S2. The normalized spacial score (nSPS) is 36.9. The van der Waals surface area contributed by atoms with E-state index in [0.29, 0.717) is 6.42 Å². The molecule has 1 aromatic carbocycles. The Balaban J connectivity index is 1.70. The fourth-order valence-electron chi connectivity index (χ4n) is 6.06. The van der Waals surface area contributed by atoms with E-state index in [9.17, 15) is 26.5 Å². The highest BCUT2D eigenvalue weighted by atomic mass is 32.3. The van der Waals surface area contributed by atoms with Gasteiger partial charge < -0.3 is 5.11 Å². The molecule has 29 heavy (non-hydrogen) atoms. The molecule has 162 valence electrons. The molecule has 4 unspecified atom stereocenters. The first-order valence-corrected chi connectivity index (χ1v) is 12.2. The van der Waals surface area contributed by atoms with Crippen molar-refractivity contribution in [1.29, 1.82) is 0 Å². The molecule has 11 heteroatoms. The van der Waals surface area contributed by atoms with Crippen molar-refractivity contribution in [3.8, 4) is 5.75 Å². The molecule has 3 aliphatic carbocycles. The quantitative estimate of drug-likeness (QED) is 0.590. The van der Waals surface area contributed by atoms with Gasteiger partial charge in [-0.05, 0) is 73.1 Å². The first-order chi connectivity index (χ1) is 13.4. The van der Waals surface area contributed by atoms with Gasteiger partial charge in [-0.25, -0.2) is 8.37 Å². The zero-order valence-corrected chi connectivity index (χ0v) is 17.4. The Kier molecular flexibility index (Phi) is 4.99. The van der Waals surface area contributed by atoms with E-state index in [1.165, 1.54) is 0 Å². The van der Waals surface area contributed by atoms with Crippen LogP contribution in [0.25, 0.3) is 0 Å². The summed E-state index contributed by atoms with van der Waals surface area (Å²) in [6.45, 7) is 1.82. The first-order valence-electron chi connectivity index (χ1n) is 9.50. The number of fused-ring (bicyclic) bond motifs is 5. The fraction of sp³-hybridized carbons (Fsp3) is 0.667. The average molecular weight is 449 g/mol. The minimum Gasteiger partial charge on any atom is -0.508 e. The van der Waals surface area contributed by atoms with Gasteiger partial charge in [0, 0.05) is 5.41 Å². The van der Waals surface area contributed by atoms with E-state index >= 15 is 0 Å². The Labute approximate surface area is 169 Å². The summed E-state index contributed by atoms with van der Waals surface area (Å²) in [5.74, 6) is 0.412. The van der Waals surface area contributed by atoms with Crippen molar-refractivity contribution < 1.29 is 39.4 Å². The third-order valence-electron chi connectivity index (χ3n) is 7.09. The number of phenolic OH excluding ortho intramolecular Hbond substituents is 1. The molecule has 0 aliphatic heterocycles. The summed E-state index contributed by atoms with van der Waals surface area (Å²) in [6, 6.07) is 5.33. The van der Waals surface area contributed by atoms with Crippen molar-refractivity contribution in [1.82, 2.24) is 0 Å². The lowest BCUT2D eigenvalue weighted by molar-refractivity contribution is -0.0328. The molecule has 0 bridgehead atoms. The maximum atomic E-state index is 11.4. The molecule has 1 aromatic rings. The van der Waals surface area contributed by atoms with E-state index in [0.717, 1.165) is 30.4 Å². The Morgan fingerprint density at radius 3 is 2.41 bits per heavy atom. The van der Waals surface area contributed by atoms with Crippen LogP contribution in [0.1, 0.15) is 49.7 Å². The largest absolute Gasteiger partial charge is 0.508 e. The predicted octanol–water partition coefficient (Wildman–Crippen LogP) is 2.23. The van der Waals surface area contributed by atoms with Gasteiger partial charge in [0.2, 0.25) is 0 Å². The molecule has 0 radical (unpaired) electrons. The highest BCUT2D eigenvalue weighted by molar-refractivity contribution is 7.81. The van der Waals surface area contributed by atoms with E-state index in [4.69, 9.17) is 12.9 Å². The first kappa shape index (κ1) is 21.0. The molecule has 0 heterocycles. The van der Waals surface area contributed by atoms with Gasteiger partial charge in [0.25, 0.3) is 0 Å². The summed E-state index contributed by atoms with van der Waals surface area (Å²) in [7, 11) is -9.68. The minimum absolute atomic E-state index is 0.123. The molecule has 0 aromatic heterocycles. The molecule has 2 saturated carbocycles. The lowest BCUT2D eigenvalue weighted by Gasteiger charge is -2.50. The summed E-state index contributed by atoms with van der Waals surface area (Å²) in [5, 5.41) is 9.77. The summed E-state index contributed by atoms with van der Waals surface area (Å²) in [6.07, 6.45) is 0.521. The summed E-state index contributed by atoms with van der Waals surface area (Å²) in [4.78, 5) is 0. The van der Waals surface area contributed by atoms with E-state index in [2.05, 4.69) is 0 Å². The van der Waals surface area contributed by atoms with Crippen LogP contribution in [-0.2, 0) is 35.6 Å². The molecule has 6 atom stereocenters. The van der Waals surface area contributed by atoms with Crippen molar-refractivity contribution in [2.45, 2.75) is 57.2 Å². The van der Waals surface area contributed by atoms with Crippen LogP contribution in [0.2, 0.25) is 0 Å². The maximum Gasteiger partial charge on any atom is 0.397 e. The molecule has 9 nitrogen and oxygen atoms in total. The van der Waals surface area contributed by atoms with Gasteiger partial charge in [-0.2, -0.15) is 16.8 Å². The van der Waals surface area contributed by atoms with Crippen molar-refractivity contribution >= 4 is 20.8 Å². The zero-order chi connectivity index (χ0) is 21.2. The number of benzene rings is 1. The zero-order valence-electron chi connectivity index (χ0n) is 15.8. The van der Waals surface area contributed by atoms with Gasteiger partial charge in [-0.15, -0.1) is 0 Å². The van der Waals surface area contributed by atoms with E-state index in [1.54, 1.807) is 12.1 Å². The van der Waals surface area contributed by atoms with Crippen LogP contribution in [0.15, 0.2) is 18.2 Å². The number of rotatable bonds is 4. The lowest BCUT2D eigenvalue weighted by atomic mass is 9.55. The van der Waals surface area contributed by atoms with Crippen LogP contribution < -0.4 is 0 Å². The molecule has 0 saturated heterocycles. The smallest absolute Gasteiger partial charge is 0.397 e. The Morgan fingerprint density at radius 1 is 1.07 bits per heavy atom. The second-order valence-corrected chi connectivity index (χ2v) is 10.7. The fourth-order valence-corrected chi connectivity index (χ4v) is 7.16. The molecule has 3 N–H and O–H groups in total. The third kappa shape index (κ3) is 3.91. The van der Waals surface area contributed by atoms with Gasteiger partial charge in [0.15, 0.2) is 0 Å². The maximum absolute atomic E-state index is 11.4. The van der Waals surface area contributed by atoms with Crippen LogP contribution >= 0.6 is 0 Å². The van der Waals surface area contributed by atoms with Crippen LogP contribution in [0.3, 0.4) is 0 Å². The number of aryl methyl sites for hydroxylation is 1. The lowest BCUT2D eigenvalue weighted by Crippen LogP contribution is -2.47. The molecule has 4 rings (SSSR count). The topological polar surface area (TPSA) is 147 Å². The van der Waals surface area contributed by atoms with Crippen molar-refractivity contribution in [3.05, 3.63) is 29.3 Å². The second kappa shape index (κ2) is 6.89. The SMILES string of the molecule is C[C@]12CCC3c4ccc(O)cc4CCC3C1CC(OS(=O)(=O)O)[C@@H]2OS(=O)(=O)O. The number of phenols is 1. The van der Waals surface area contributed by atoms with Crippen LogP contribution in [0.4, 0.5) is 0 Å². The summed E-state index contributed by atoms with van der Waals surface area (Å²) in [5.41, 5.74) is 1.48. The minimum atomic E-state index is -4.85. The summed E-state index contributed by atoms with van der Waals surface area (Å²) >= 11 is 0. The third-order valence-corrected chi connectivity index (χ3v) is 8.03. The predicted molar refractivity (Wildman–Crippen MR) is 101 cm³/mol. The average Bonchev–Trinajstić information content (AvgIpc) is 2.83. The monoisotopic (exact) mass is 448 g/mol. The molecular weight excluding hydrogens is 424 g/mol. The van der Waals surface area contributed by atoms with Gasteiger partial charge in [-0.1, -0.05) is 13.0 Å². The van der Waals surface area contributed by atoms with Gasteiger partial charge in [0.05, 0.1) is 0 Å². The van der Waals surface area contributed by atoms with Crippen molar-refractivity contribution in [2.24, 2.45) is 17.3 Å². The second-order valence-electron chi connectivity index (χ2n) is 8.59. The van der Waals surface area contributed by atoms with Crippen LogP contribution in [0, 0.1) is 17.3 Å². The van der Waals surface area contributed by atoms with Gasteiger partial charge in [0.1, 0.15) is 18.0 Å². The highest BCUT2D eigenvalue weighted by Gasteiger charge is 2.61. The number of hydrogen-bond acceptors (Lipinski definition) is 7. The van der Waals surface area contributed by atoms with Crippen molar-refractivity contribution in [3.63, 3.8) is 0 Å². The number of hydrogen-bond donors (Lipinski definition) is 3. The van der Waals surface area contributed by atoms with E-state index in [1.807, 2.05) is 13.0 Å². The van der Waals surface area contributed by atoms with Crippen LogP contribution in [-0.4, -0.2) is 43.3 Å². The van der Waals surface area contributed by atoms with Gasteiger partial charge >= 0.3 is 20.8 Å². The molecule has 0 spiro atoms. The Hall–Kier alpha value is -1.24. The summed E-state index contributed by atoms with van der Waals surface area (Å²) < 4.78 is 73.6. The van der Waals surface area contributed by atoms with Gasteiger partial charge in [-0.3, -0.25) is 9.11 Å².